The van der Waals surface area contributed by atoms with Gasteiger partial charge in [-0.1, -0.05) is 64.7 Å². The Morgan fingerprint density at radius 2 is 1.53 bits per heavy atom. The van der Waals surface area contributed by atoms with Crippen molar-refractivity contribution in [1.29, 1.82) is 0 Å². The second-order valence-electron chi connectivity index (χ2n) is 6.12. The number of hydrogen-bond acceptors (Lipinski definition) is 2. The molecule has 0 aromatic carbocycles. The van der Waals surface area contributed by atoms with Crippen molar-refractivity contribution >= 4 is 0 Å². The van der Waals surface area contributed by atoms with Crippen molar-refractivity contribution in [3.05, 3.63) is 0 Å². The Labute approximate surface area is 120 Å². The Balaban J connectivity index is 1.67. The van der Waals surface area contributed by atoms with Crippen LogP contribution in [0.5, 0.6) is 0 Å². The monoisotopic (exact) mass is 269 g/mol. The van der Waals surface area contributed by atoms with Crippen molar-refractivity contribution in [1.82, 2.24) is 5.32 Å². The van der Waals surface area contributed by atoms with Crippen molar-refractivity contribution in [3.63, 3.8) is 0 Å². The molecule has 0 amide bonds. The van der Waals surface area contributed by atoms with Gasteiger partial charge in [-0.25, -0.2) is 0 Å². The fourth-order valence-corrected chi connectivity index (χ4v) is 2.80. The van der Waals surface area contributed by atoms with E-state index < -0.39 is 0 Å². The predicted molar refractivity (Wildman–Crippen MR) is 83.6 cm³/mol. The molecule has 2 heteroatoms. The maximum atomic E-state index is 5.75. The Hall–Kier alpha value is -0.0800. The van der Waals surface area contributed by atoms with E-state index >= 15 is 0 Å². The van der Waals surface area contributed by atoms with Crippen LogP contribution < -0.4 is 5.32 Å². The smallest absolute Gasteiger partial charge is 0.0506 e. The van der Waals surface area contributed by atoms with Crippen LogP contribution in [0.4, 0.5) is 0 Å². The normalized spacial score (nSPS) is 19.1. The van der Waals surface area contributed by atoms with Crippen LogP contribution in [0.15, 0.2) is 0 Å². The van der Waals surface area contributed by atoms with Gasteiger partial charge in [0, 0.05) is 13.2 Å². The van der Waals surface area contributed by atoms with Gasteiger partial charge in [0.1, 0.15) is 0 Å². The predicted octanol–water partition coefficient (Wildman–Crippen LogP) is 4.53. The van der Waals surface area contributed by atoms with E-state index in [1.807, 2.05) is 0 Å². The average molecular weight is 269 g/mol. The van der Waals surface area contributed by atoms with E-state index in [1.165, 1.54) is 77.2 Å². The topological polar surface area (TPSA) is 21.3 Å². The molecule has 1 aliphatic heterocycles. The molecule has 0 aromatic rings. The van der Waals surface area contributed by atoms with Crippen LogP contribution in [0.1, 0.15) is 77.6 Å². The molecule has 19 heavy (non-hydrogen) atoms. The van der Waals surface area contributed by atoms with Crippen molar-refractivity contribution in [2.45, 2.75) is 77.6 Å². The third-order valence-corrected chi connectivity index (χ3v) is 4.16. The minimum atomic E-state index is 0.781. The summed E-state index contributed by atoms with van der Waals surface area (Å²) in [6, 6.07) is 0. The number of rotatable bonds is 13. The first kappa shape index (κ1) is 17.0. The van der Waals surface area contributed by atoms with Crippen LogP contribution in [0.25, 0.3) is 0 Å². The van der Waals surface area contributed by atoms with Gasteiger partial charge in [-0.3, -0.25) is 0 Å². The van der Waals surface area contributed by atoms with Gasteiger partial charge in [-0.2, -0.15) is 0 Å². The summed E-state index contributed by atoms with van der Waals surface area (Å²) in [4.78, 5) is 0. The van der Waals surface area contributed by atoms with Crippen LogP contribution in [-0.4, -0.2) is 26.3 Å². The van der Waals surface area contributed by atoms with Crippen LogP contribution in [-0.2, 0) is 4.74 Å². The van der Waals surface area contributed by atoms with Crippen molar-refractivity contribution < 1.29 is 4.74 Å². The van der Waals surface area contributed by atoms with E-state index in [0.29, 0.717) is 0 Å². The van der Waals surface area contributed by atoms with Gasteiger partial charge in [0.15, 0.2) is 0 Å². The molecule has 1 unspecified atom stereocenters. The fraction of sp³-hybridized carbons (Fsp3) is 1.00. The standard InChI is InChI=1S/C17H35NO/c1-2-3-4-5-6-7-8-9-10-11-14-19-16-17-12-13-18-15-17/h17-18H,2-16H2,1H3. The highest BCUT2D eigenvalue weighted by atomic mass is 16.5. The number of ether oxygens (including phenoxy) is 1. The van der Waals surface area contributed by atoms with Crippen molar-refractivity contribution in [2.24, 2.45) is 5.92 Å². The van der Waals surface area contributed by atoms with Gasteiger partial charge >= 0.3 is 0 Å². The van der Waals surface area contributed by atoms with Crippen LogP contribution >= 0.6 is 0 Å². The molecular formula is C17H35NO. The second kappa shape index (κ2) is 12.9. The maximum Gasteiger partial charge on any atom is 0.0506 e. The molecule has 1 fully saturated rings. The lowest BCUT2D eigenvalue weighted by molar-refractivity contribution is 0.101. The lowest BCUT2D eigenvalue weighted by Gasteiger charge is -2.09. The third-order valence-electron chi connectivity index (χ3n) is 4.16. The number of nitrogens with one attached hydrogen (secondary N) is 1. The first-order valence-corrected chi connectivity index (χ1v) is 8.72. The SMILES string of the molecule is CCCCCCCCCCCCOCC1CCNC1. The van der Waals surface area contributed by atoms with Gasteiger partial charge in [0.05, 0.1) is 6.61 Å². The Bertz CT molecular complexity index is 178. The zero-order valence-corrected chi connectivity index (χ0v) is 13.1. The van der Waals surface area contributed by atoms with Crippen LogP contribution in [0.3, 0.4) is 0 Å². The molecule has 1 rings (SSSR count). The van der Waals surface area contributed by atoms with Gasteiger partial charge in [-0.05, 0) is 25.3 Å². The molecule has 1 aliphatic rings. The molecule has 1 heterocycles. The molecule has 1 atom stereocenters. The molecule has 0 aliphatic carbocycles. The summed E-state index contributed by atoms with van der Waals surface area (Å²) in [5, 5.41) is 3.39. The van der Waals surface area contributed by atoms with E-state index in [0.717, 1.165) is 25.7 Å². The highest BCUT2D eigenvalue weighted by Gasteiger charge is 2.13. The first-order valence-electron chi connectivity index (χ1n) is 8.72. The summed E-state index contributed by atoms with van der Waals surface area (Å²) in [6.07, 6.45) is 15.3. The maximum absolute atomic E-state index is 5.75. The summed E-state index contributed by atoms with van der Waals surface area (Å²) in [7, 11) is 0. The van der Waals surface area contributed by atoms with Crippen LogP contribution in [0.2, 0.25) is 0 Å². The zero-order valence-electron chi connectivity index (χ0n) is 13.1. The van der Waals surface area contributed by atoms with Crippen molar-refractivity contribution in [3.8, 4) is 0 Å². The summed E-state index contributed by atoms with van der Waals surface area (Å²) in [5.41, 5.74) is 0. The lowest BCUT2D eigenvalue weighted by Crippen LogP contribution is -2.14. The van der Waals surface area contributed by atoms with Gasteiger partial charge < -0.3 is 10.1 Å². The largest absolute Gasteiger partial charge is 0.381 e. The molecule has 0 bridgehead atoms. The Kier molecular flexibility index (Phi) is 11.5. The fourth-order valence-electron chi connectivity index (χ4n) is 2.80. The summed E-state index contributed by atoms with van der Waals surface area (Å²) in [6.45, 7) is 6.59. The molecule has 1 saturated heterocycles. The second-order valence-corrected chi connectivity index (χ2v) is 6.12. The Morgan fingerprint density at radius 1 is 0.895 bits per heavy atom. The van der Waals surface area contributed by atoms with Gasteiger partial charge in [0.25, 0.3) is 0 Å². The highest BCUT2D eigenvalue weighted by molar-refractivity contribution is 4.70. The molecular weight excluding hydrogens is 234 g/mol. The quantitative estimate of drug-likeness (QED) is 0.496. The van der Waals surface area contributed by atoms with Crippen molar-refractivity contribution in [2.75, 3.05) is 26.3 Å². The summed E-state index contributed by atoms with van der Waals surface area (Å²) in [5.74, 6) is 0.781. The molecule has 0 radical (unpaired) electrons. The third kappa shape index (κ3) is 10.4. The summed E-state index contributed by atoms with van der Waals surface area (Å²) >= 11 is 0. The minimum Gasteiger partial charge on any atom is -0.381 e. The summed E-state index contributed by atoms with van der Waals surface area (Å²) < 4.78 is 5.75. The van der Waals surface area contributed by atoms with E-state index in [4.69, 9.17) is 4.74 Å². The number of hydrogen-bond donors (Lipinski definition) is 1. The van der Waals surface area contributed by atoms with E-state index in [2.05, 4.69) is 12.2 Å². The molecule has 0 saturated carbocycles. The van der Waals surface area contributed by atoms with E-state index in [9.17, 15) is 0 Å². The lowest BCUT2D eigenvalue weighted by atomic mass is 10.1. The van der Waals surface area contributed by atoms with Gasteiger partial charge in [-0.15, -0.1) is 0 Å². The average Bonchev–Trinajstić information content (AvgIpc) is 2.93. The molecule has 2 nitrogen and oxygen atoms in total. The Morgan fingerprint density at radius 3 is 2.11 bits per heavy atom. The number of unbranched alkanes of at least 4 members (excludes halogenated alkanes) is 9. The molecule has 0 spiro atoms. The molecule has 1 N–H and O–H groups in total. The van der Waals surface area contributed by atoms with Gasteiger partial charge in [0.2, 0.25) is 0 Å². The van der Waals surface area contributed by atoms with Crippen LogP contribution in [0, 0.1) is 5.92 Å². The zero-order chi connectivity index (χ0) is 13.6. The van der Waals surface area contributed by atoms with E-state index in [1.54, 1.807) is 0 Å². The highest BCUT2D eigenvalue weighted by Crippen LogP contribution is 2.11. The minimum absolute atomic E-state index is 0.781. The molecule has 114 valence electrons. The molecule has 0 aromatic heterocycles. The van der Waals surface area contributed by atoms with E-state index in [-0.39, 0.29) is 0 Å². The first-order chi connectivity index (χ1) is 9.43.